The Morgan fingerprint density at radius 2 is 1.97 bits per heavy atom. The van der Waals surface area contributed by atoms with Gasteiger partial charge in [0.15, 0.2) is 0 Å². The van der Waals surface area contributed by atoms with Crippen LogP contribution in [-0.2, 0) is 11.3 Å². The molecule has 0 aliphatic heterocycles. The molecule has 0 aliphatic rings. The molecule has 2 aromatic heterocycles. The zero-order chi connectivity index (χ0) is 20.2. The Morgan fingerprint density at radius 3 is 2.76 bits per heavy atom. The number of nitrogens with zero attached hydrogens (tertiary/aromatic N) is 5. The second kappa shape index (κ2) is 7.72. The molecule has 0 fully saturated rings. The monoisotopic (exact) mass is 390 g/mol. The van der Waals surface area contributed by atoms with Gasteiger partial charge in [-0.15, -0.1) is 5.10 Å². The lowest BCUT2D eigenvalue weighted by atomic mass is 10.1. The second-order valence-corrected chi connectivity index (χ2v) is 6.03. The molecule has 0 spiro atoms. The summed E-state index contributed by atoms with van der Waals surface area (Å²) in [6.45, 7) is -0.0238. The molecule has 0 unspecified atom stereocenters. The first kappa shape index (κ1) is 18.0. The standard InChI is InChI=1S/C19H14N6O4/c26-19(12-24-17-4-2-1-3-16(17)21-23-24)22-20-11-15-9-10-18(29-15)13-5-7-14(8-6-13)25(27)28/h1-11H,12H2,(H,22,26)/b20-11-. The number of benzene rings is 2. The second-order valence-electron chi connectivity index (χ2n) is 6.03. The lowest BCUT2D eigenvalue weighted by Gasteiger charge is -2.00. The molecular formula is C19H14N6O4. The number of non-ortho nitro benzene ring substituents is 1. The number of amides is 1. The molecule has 0 saturated carbocycles. The van der Waals surface area contributed by atoms with Crippen molar-refractivity contribution in [3.8, 4) is 11.3 Å². The number of para-hydroxylation sites is 1. The van der Waals surface area contributed by atoms with Crippen molar-refractivity contribution in [2.45, 2.75) is 6.54 Å². The maximum Gasteiger partial charge on any atom is 0.269 e. The number of carbonyl (C=O) groups is 1. The highest BCUT2D eigenvalue weighted by Crippen LogP contribution is 2.24. The van der Waals surface area contributed by atoms with E-state index in [0.717, 1.165) is 5.52 Å². The van der Waals surface area contributed by atoms with E-state index in [1.54, 1.807) is 24.3 Å². The van der Waals surface area contributed by atoms with Crippen LogP contribution in [0.3, 0.4) is 0 Å². The molecule has 4 aromatic rings. The molecule has 1 N–H and O–H groups in total. The SMILES string of the molecule is O=C(Cn1nnc2ccccc21)N/N=C\c1ccc(-c2ccc([N+](=O)[O-])cc2)o1. The van der Waals surface area contributed by atoms with Crippen molar-refractivity contribution in [3.05, 3.63) is 76.5 Å². The van der Waals surface area contributed by atoms with Crippen LogP contribution >= 0.6 is 0 Å². The van der Waals surface area contributed by atoms with E-state index in [9.17, 15) is 14.9 Å². The number of nitrogens with one attached hydrogen (secondary N) is 1. The number of fused-ring (bicyclic) bond motifs is 1. The Hall–Kier alpha value is -4.34. The van der Waals surface area contributed by atoms with Gasteiger partial charge in [-0.2, -0.15) is 5.10 Å². The van der Waals surface area contributed by atoms with E-state index in [1.165, 1.54) is 23.0 Å². The van der Waals surface area contributed by atoms with Crippen molar-refractivity contribution in [1.29, 1.82) is 0 Å². The van der Waals surface area contributed by atoms with Crippen LogP contribution in [0.5, 0.6) is 0 Å². The van der Waals surface area contributed by atoms with Crippen LogP contribution in [0.1, 0.15) is 5.76 Å². The molecule has 10 heteroatoms. The summed E-state index contributed by atoms with van der Waals surface area (Å²) in [4.78, 5) is 22.3. The van der Waals surface area contributed by atoms with Gasteiger partial charge in [0.25, 0.3) is 11.6 Å². The molecule has 0 saturated heterocycles. The van der Waals surface area contributed by atoms with E-state index in [1.807, 2.05) is 24.3 Å². The Morgan fingerprint density at radius 1 is 1.17 bits per heavy atom. The normalized spacial score (nSPS) is 11.2. The van der Waals surface area contributed by atoms with Crippen LogP contribution < -0.4 is 5.43 Å². The van der Waals surface area contributed by atoms with Crippen molar-refractivity contribution in [3.63, 3.8) is 0 Å². The first-order valence-electron chi connectivity index (χ1n) is 8.55. The summed E-state index contributed by atoms with van der Waals surface area (Å²) in [7, 11) is 0. The summed E-state index contributed by atoms with van der Waals surface area (Å²) >= 11 is 0. The van der Waals surface area contributed by atoms with Gasteiger partial charge in [0.1, 0.15) is 23.6 Å². The van der Waals surface area contributed by atoms with E-state index in [-0.39, 0.29) is 18.1 Å². The zero-order valence-corrected chi connectivity index (χ0v) is 14.9. The molecule has 0 atom stereocenters. The molecule has 29 heavy (non-hydrogen) atoms. The number of rotatable bonds is 6. The van der Waals surface area contributed by atoms with Gasteiger partial charge in [-0.1, -0.05) is 17.3 Å². The molecule has 2 heterocycles. The number of furan rings is 1. The van der Waals surface area contributed by atoms with Crippen LogP contribution in [0.4, 0.5) is 5.69 Å². The van der Waals surface area contributed by atoms with Gasteiger partial charge in [0, 0.05) is 17.7 Å². The van der Waals surface area contributed by atoms with Gasteiger partial charge in [0.05, 0.1) is 16.7 Å². The lowest BCUT2D eigenvalue weighted by Crippen LogP contribution is -2.23. The molecule has 0 bridgehead atoms. The van der Waals surface area contributed by atoms with E-state index >= 15 is 0 Å². The summed E-state index contributed by atoms with van der Waals surface area (Å²) < 4.78 is 7.10. The summed E-state index contributed by atoms with van der Waals surface area (Å²) in [5.41, 5.74) is 4.57. The molecule has 1 amide bonds. The topological polar surface area (TPSA) is 128 Å². The minimum atomic E-state index is -0.463. The predicted octanol–water partition coefficient (Wildman–Crippen LogP) is 2.75. The third kappa shape index (κ3) is 4.00. The predicted molar refractivity (Wildman–Crippen MR) is 104 cm³/mol. The van der Waals surface area contributed by atoms with Gasteiger partial charge in [0.2, 0.25) is 0 Å². The first-order chi connectivity index (χ1) is 14.1. The molecule has 2 aromatic carbocycles. The summed E-state index contributed by atoms with van der Waals surface area (Å²) in [5.74, 6) is 0.589. The van der Waals surface area contributed by atoms with Crippen LogP contribution in [0.2, 0.25) is 0 Å². The van der Waals surface area contributed by atoms with Gasteiger partial charge < -0.3 is 4.42 Å². The summed E-state index contributed by atoms with van der Waals surface area (Å²) in [5, 5.41) is 22.5. The van der Waals surface area contributed by atoms with Crippen molar-refractivity contribution < 1.29 is 14.1 Å². The number of carbonyl (C=O) groups excluding carboxylic acids is 1. The highest BCUT2D eigenvalue weighted by atomic mass is 16.6. The van der Waals surface area contributed by atoms with Crippen molar-refractivity contribution in [2.24, 2.45) is 5.10 Å². The Kier molecular flexibility index (Phi) is 4.81. The molecule has 0 radical (unpaired) electrons. The van der Waals surface area contributed by atoms with Gasteiger partial charge in [-0.05, 0) is 36.4 Å². The third-order valence-electron chi connectivity index (χ3n) is 4.08. The minimum Gasteiger partial charge on any atom is -0.455 e. The Labute approximate surface area is 163 Å². The van der Waals surface area contributed by atoms with Gasteiger partial charge >= 0.3 is 0 Å². The Balaban J connectivity index is 1.37. The van der Waals surface area contributed by atoms with Crippen LogP contribution in [0.15, 0.2) is 70.2 Å². The van der Waals surface area contributed by atoms with E-state index < -0.39 is 4.92 Å². The fourth-order valence-electron chi connectivity index (χ4n) is 2.70. The number of hydrogen-bond acceptors (Lipinski definition) is 7. The molecule has 4 rings (SSSR count). The maximum absolute atomic E-state index is 12.1. The highest BCUT2D eigenvalue weighted by molar-refractivity contribution is 5.82. The van der Waals surface area contributed by atoms with Gasteiger partial charge in [-0.25, -0.2) is 10.1 Å². The maximum atomic E-state index is 12.1. The fourth-order valence-corrected chi connectivity index (χ4v) is 2.70. The smallest absolute Gasteiger partial charge is 0.269 e. The quantitative estimate of drug-likeness (QED) is 0.306. The number of nitro groups is 1. The molecule has 10 nitrogen and oxygen atoms in total. The summed E-state index contributed by atoms with van der Waals surface area (Å²) in [6, 6.07) is 16.7. The third-order valence-corrected chi connectivity index (χ3v) is 4.08. The van der Waals surface area contributed by atoms with E-state index in [2.05, 4.69) is 20.8 Å². The van der Waals surface area contributed by atoms with Crippen molar-refractivity contribution in [2.75, 3.05) is 0 Å². The molecular weight excluding hydrogens is 376 g/mol. The van der Waals surface area contributed by atoms with Crippen LogP contribution in [0.25, 0.3) is 22.4 Å². The average Bonchev–Trinajstić information content (AvgIpc) is 3.36. The molecule has 0 aliphatic carbocycles. The van der Waals surface area contributed by atoms with E-state index in [4.69, 9.17) is 4.42 Å². The van der Waals surface area contributed by atoms with Crippen LogP contribution in [0, 0.1) is 10.1 Å². The summed E-state index contributed by atoms with van der Waals surface area (Å²) in [6.07, 6.45) is 1.37. The Bertz CT molecular complexity index is 1210. The van der Waals surface area contributed by atoms with Crippen molar-refractivity contribution >= 4 is 28.8 Å². The number of hydrogen-bond donors (Lipinski definition) is 1. The minimum absolute atomic E-state index is 0.00460. The fraction of sp³-hybridized carbons (Fsp3) is 0.0526. The zero-order valence-electron chi connectivity index (χ0n) is 14.9. The average molecular weight is 390 g/mol. The van der Waals surface area contributed by atoms with Crippen LogP contribution in [-0.4, -0.2) is 32.0 Å². The van der Waals surface area contributed by atoms with E-state index in [0.29, 0.717) is 22.6 Å². The number of hydrazone groups is 1. The number of aromatic nitrogens is 3. The van der Waals surface area contributed by atoms with Crippen molar-refractivity contribution in [1.82, 2.24) is 20.4 Å². The first-order valence-corrected chi connectivity index (χ1v) is 8.55. The van der Waals surface area contributed by atoms with Gasteiger partial charge in [-0.3, -0.25) is 14.9 Å². The number of nitro benzene ring substituents is 1. The largest absolute Gasteiger partial charge is 0.455 e. The highest BCUT2D eigenvalue weighted by Gasteiger charge is 2.09. The molecule has 144 valence electrons. The lowest BCUT2D eigenvalue weighted by molar-refractivity contribution is -0.384.